The van der Waals surface area contributed by atoms with E-state index >= 15 is 0 Å². The lowest BCUT2D eigenvalue weighted by Gasteiger charge is -2.09. The number of aromatic nitrogens is 2. The molecular weight excluding hydrogens is 340 g/mol. The topological polar surface area (TPSA) is 135 Å². The van der Waals surface area contributed by atoms with E-state index in [-0.39, 0.29) is 9.79 Å². The summed E-state index contributed by atoms with van der Waals surface area (Å²) in [6, 6.07) is 9.70. The number of nitrogens with two attached hydrogens (primary N) is 1. The summed E-state index contributed by atoms with van der Waals surface area (Å²) in [6.07, 6.45) is 1.61. The molecule has 0 aliphatic rings. The first-order chi connectivity index (χ1) is 10.8. The van der Waals surface area contributed by atoms with Crippen molar-refractivity contribution in [1.82, 2.24) is 10.2 Å². The maximum Gasteiger partial charge on any atom is 0.261 e. The van der Waals surface area contributed by atoms with Gasteiger partial charge in [0.25, 0.3) is 10.0 Å². The van der Waals surface area contributed by atoms with Crippen molar-refractivity contribution >= 4 is 36.6 Å². The van der Waals surface area contributed by atoms with E-state index < -0.39 is 20.0 Å². The molecule has 120 valence electrons. The maximum absolute atomic E-state index is 12.4. The van der Waals surface area contributed by atoms with Crippen LogP contribution in [0.15, 0.2) is 58.5 Å². The van der Waals surface area contributed by atoms with E-state index in [0.717, 1.165) is 11.5 Å². The molecule has 0 aliphatic carbocycles. The Kier molecular flexibility index (Phi) is 3.59. The molecule has 1 heterocycles. The standard InChI is InChI=1S/C13H12N4O4S2/c14-22(18,19)11-2-1-3-12(7-11)23(20,21)17-10-5-4-9-8-15-16-13(9)6-10/h1-8,17H,(H,15,16)(H2,14,18,19). The molecule has 0 saturated heterocycles. The zero-order chi connectivity index (χ0) is 16.7. The van der Waals surface area contributed by atoms with Gasteiger partial charge in [-0.2, -0.15) is 5.10 Å². The molecule has 0 aliphatic heterocycles. The minimum atomic E-state index is -3.99. The Balaban J connectivity index is 1.98. The number of H-pyrrole nitrogens is 1. The number of aromatic amines is 1. The highest BCUT2D eigenvalue weighted by molar-refractivity contribution is 7.93. The molecule has 4 N–H and O–H groups in total. The smallest absolute Gasteiger partial charge is 0.261 e. The van der Waals surface area contributed by atoms with Crippen LogP contribution in [0.1, 0.15) is 0 Å². The fourth-order valence-electron chi connectivity index (χ4n) is 2.03. The summed E-state index contributed by atoms with van der Waals surface area (Å²) in [4.78, 5) is -0.474. The van der Waals surface area contributed by atoms with E-state index in [1.807, 2.05) is 0 Å². The number of rotatable bonds is 4. The Bertz CT molecular complexity index is 1090. The fraction of sp³-hybridized carbons (Fsp3) is 0. The summed E-state index contributed by atoms with van der Waals surface area (Å²) >= 11 is 0. The second kappa shape index (κ2) is 5.33. The monoisotopic (exact) mass is 352 g/mol. The van der Waals surface area contributed by atoms with Crippen LogP contribution in [0, 0.1) is 0 Å². The summed E-state index contributed by atoms with van der Waals surface area (Å²) in [5, 5.41) is 12.4. The average Bonchev–Trinajstić information content (AvgIpc) is 2.93. The number of anilines is 1. The van der Waals surface area contributed by atoms with Crippen LogP contribution >= 0.6 is 0 Å². The second-order valence-electron chi connectivity index (χ2n) is 4.80. The average molecular weight is 352 g/mol. The van der Waals surface area contributed by atoms with Gasteiger partial charge in [-0.15, -0.1) is 0 Å². The van der Waals surface area contributed by atoms with Crippen LogP contribution < -0.4 is 9.86 Å². The van der Waals surface area contributed by atoms with Gasteiger partial charge in [0.1, 0.15) is 0 Å². The molecule has 0 amide bonds. The van der Waals surface area contributed by atoms with Crippen molar-refractivity contribution in [2.75, 3.05) is 4.72 Å². The molecule has 3 rings (SSSR count). The van der Waals surface area contributed by atoms with Gasteiger partial charge in [0, 0.05) is 5.39 Å². The fourth-order valence-corrected chi connectivity index (χ4v) is 3.76. The summed E-state index contributed by atoms with van der Waals surface area (Å²) < 4.78 is 49.8. The summed E-state index contributed by atoms with van der Waals surface area (Å²) in [7, 11) is -7.94. The van der Waals surface area contributed by atoms with Gasteiger partial charge >= 0.3 is 0 Å². The van der Waals surface area contributed by atoms with Crippen molar-refractivity contribution < 1.29 is 16.8 Å². The van der Waals surface area contributed by atoms with Crippen molar-refractivity contribution in [3.8, 4) is 0 Å². The number of nitrogens with one attached hydrogen (secondary N) is 2. The Labute approximate surface area is 132 Å². The number of benzene rings is 2. The highest BCUT2D eigenvalue weighted by Gasteiger charge is 2.17. The Morgan fingerprint density at radius 3 is 2.48 bits per heavy atom. The zero-order valence-electron chi connectivity index (χ0n) is 11.6. The molecule has 0 saturated carbocycles. The molecule has 0 fully saturated rings. The lowest BCUT2D eigenvalue weighted by Crippen LogP contribution is -2.16. The van der Waals surface area contributed by atoms with Gasteiger partial charge in [0.15, 0.2) is 0 Å². The van der Waals surface area contributed by atoms with Crippen LogP contribution in [0.25, 0.3) is 10.9 Å². The molecule has 3 aromatic rings. The molecular formula is C13H12N4O4S2. The number of primary sulfonamides is 1. The highest BCUT2D eigenvalue weighted by atomic mass is 32.2. The summed E-state index contributed by atoms with van der Waals surface area (Å²) in [5.74, 6) is 0. The normalized spacial score (nSPS) is 12.4. The van der Waals surface area contributed by atoms with Gasteiger partial charge in [-0.05, 0) is 36.4 Å². The molecule has 0 bridgehead atoms. The lowest BCUT2D eigenvalue weighted by molar-refractivity contribution is 0.597. The minimum absolute atomic E-state index is 0.200. The molecule has 2 aromatic carbocycles. The second-order valence-corrected chi connectivity index (χ2v) is 8.04. The SMILES string of the molecule is NS(=O)(=O)c1cccc(S(=O)(=O)Nc2ccc3cn[nH]c3c2)c1. The van der Waals surface area contributed by atoms with E-state index in [2.05, 4.69) is 14.9 Å². The number of fused-ring (bicyclic) bond motifs is 1. The Hall–Kier alpha value is -2.43. The van der Waals surface area contributed by atoms with E-state index in [4.69, 9.17) is 5.14 Å². The van der Waals surface area contributed by atoms with Crippen LogP contribution in [-0.2, 0) is 20.0 Å². The number of hydrogen-bond donors (Lipinski definition) is 3. The first-order valence-electron chi connectivity index (χ1n) is 6.34. The van der Waals surface area contributed by atoms with Crippen molar-refractivity contribution in [2.45, 2.75) is 9.79 Å². The van der Waals surface area contributed by atoms with Gasteiger partial charge in [-0.1, -0.05) is 6.07 Å². The van der Waals surface area contributed by atoms with Crippen LogP contribution in [-0.4, -0.2) is 27.0 Å². The first-order valence-corrected chi connectivity index (χ1v) is 9.37. The predicted octanol–water partition coefficient (Wildman–Crippen LogP) is 1.01. The van der Waals surface area contributed by atoms with E-state index in [9.17, 15) is 16.8 Å². The lowest BCUT2D eigenvalue weighted by atomic mass is 10.2. The van der Waals surface area contributed by atoms with Crippen molar-refractivity contribution in [1.29, 1.82) is 0 Å². The number of hydrogen-bond acceptors (Lipinski definition) is 5. The molecule has 0 spiro atoms. The third-order valence-electron chi connectivity index (χ3n) is 3.14. The van der Waals surface area contributed by atoms with E-state index in [0.29, 0.717) is 11.2 Å². The third kappa shape index (κ3) is 3.18. The van der Waals surface area contributed by atoms with Crippen molar-refractivity contribution in [3.05, 3.63) is 48.7 Å². The van der Waals surface area contributed by atoms with Crippen molar-refractivity contribution in [3.63, 3.8) is 0 Å². The van der Waals surface area contributed by atoms with Gasteiger partial charge in [-0.25, -0.2) is 22.0 Å². The van der Waals surface area contributed by atoms with Gasteiger partial charge in [0.05, 0.1) is 27.2 Å². The first kappa shape index (κ1) is 15.5. The summed E-state index contributed by atoms with van der Waals surface area (Å²) in [6.45, 7) is 0. The quantitative estimate of drug-likeness (QED) is 0.644. The van der Waals surface area contributed by atoms with E-state index in [1.54, 1.807) is 24.4 Å². The molecule has 10 heteroatoms. The van der Waals surface area contributed by atoms with Crippen LogP contribution in [0.5, 0.6) is 0 Å². The molecule has 0 radical (unpaired) electrons. The molecule has 8 nitrogen and oxygen atoms in total. The third-order valence-corrected chi connectivity index (χ3v) is 5.43. The predicted molar refractivity (Wildman–Crippen MR) is 84.7 cm³/mol. The van der Waals surface area contributed by atoms with Gasteiger partial charge in [0.2, 0.25) is 10.0 Å². The van der Waals surface area contributed by atoms with Crippen LogP contribution in [0.2, 0.25) is 0 Å². The highest BCUT2D eigenvalue weighted by Crippen LogP contribution is 2.21. The molecule has 0 unspecified atom stereocenters. The number of sulfonamides is 2. The number of nitrogens with zero attached hydrogens (tertiary/aromatic N) is 1. The van der Waals surface area contributed by atoms with Crippen LogP contribution in [0.3, 0.4) is 0 Å². The van der Waals surface area contributed by atoms with E-state index in [1.165, 1.54) is 18.2 Å². The summed E-state index contributed by atoms with van der Waals surface area (Å²) in [5.41, 5.74) is 0.992. The van der Waals surface area contributed by atoms with Crippen molar-refractivity contribution in [2.24, 2.45) is 5.14 Å². The van der Waals surface area contributed by atoms with Gasteiger partial charge < -0.3 is 0 Å². The largest absolute Gasteiger partial charge is 0.280 e. The Morgan fingerprint density at radius 2 is 1.74 bits per heavy atom. The molecule has 1 aromatic heterocycles. The minimum Gasteiger partial charge on any atom is -0.280 e. The maximum atomic E-state index is 12.4. The van der Waals surface area contributed by atoms with Gasteiger partial charge in [-0.3, -0.25) is 9.82 Å². The molecule has 23 heavy (non-hydrogen) atoms. The molecule has 0 atom stereocenters. The zero-order valence-corrected chi connectivity index (χ0v) is 13.2. The van der Waals surface area contributed by atoms with Crippen LogP contribution in [0.4, 0.5) is 5.69 Å². The Morgan fingerprint density at radius 1 is 1.00 bits per heavy atom.